The molecule has 0 aliphatic heterocycles. The fourth-order valence-electron chi connectivity index (χ4n) is 2.01. The van der Waals surface area contributed by atoms with E-state index < -0.39 is 0 Å². The van der Waals surface area contributed by atoms with E-state index in [9.17, 15) is 9.18 Å². The monoisotopic (exact) mass is 316 g/mol. The first-order valence-electron chi connectivity index (χ1n) is 6.56. The zero-order valence-electron chi connectivity index (χ0n) is 12.0. The Balaban J connectivity index is 1.85. The van der Waals surface area contributed by atoms with Crippen molar-refractivity contribution in [3.8, 4) is 11.3 Å². The average Bonchev–Trinajstić information content (AvgIpc) is 3.06. The average molecular weight is 316 g/mol. The number of nitrogens with one attached hydrogen (secondary N) is 1. The van der Waals surface area contributed by atoms with Crippen LogP contribution in [0.4, 0.5) is 9.52 Å². The number of carbonyl (C=O) groups is 1. The van der Waals surface area contributed by atoms with Gasteiger partial charge in [0, 0.05) is 18.0 Å². The molecule has 7 heteroatoms. The Morgan fingerprint density at radius 1 is 1.32 bits per heavy atom. The molecule has 0 aliphatic rings. The van der Waals surface area contributed by atoms with Crippen LogP contribution in [0.25, 0.3) is 11.3 Å². The van der Waals surface area contributed by atoms with Gasteiger partial charge in [0.1, 0.15) is 11.5 Å². The van der Waals surface area contributed by atoms with Crippen LogP contribution < -0.4 is 5.32 Å². The fourth-order valence-corrected chi connectivity index (χ4v) is 2.70. The minimum absolute atomic E-state index is 0.280. The molecule has 0 bridgehead atoms. The second-order valence-electron chi connectivity index (χ2n) is 4.79. The zero-order valence-corrected chi connectivity index (χ0v) is 12.8. The van der Waals surface area contributed by atoms with E-state index in [1.807, 2.05) is 12.3 Å². The lowest BCUT2D eigenvalue weighted by molar-refractivity contribution is 0.101. The van der Waals surface area contributed by atoms with E-state index in [1.54, 1.807) is 25.2 Å². The van der Waals surface area contributed by atoms with E-state index in [-0.39, 0.29) is 11.7 Å². The molecule has 1 N–H and O–H groups in total. The summed E-state index contributed by atoms with van der Waals surface area (Å²) >= 11 is 1.37. The van der Waals surface area contributed by atoms with E-state index in [0.29, 0.717) is 16.5 Å². The molecule has 3 aromatic rings. The molecule has 22 heavy (non-hydrogen) atoms. The van der Waals surface area contributed by atoms with Gasteiger partial charge >= 0.3 is 0 Å². The van der Waals surface area contributed by atoms with Gasteiger partial charge in [-0.3, -0.25) is 14.8 Å². The van der Waals surface area contributed by atoms with Gasteiger partial charge in [-0.05, 0) is 37.3 Å². The van der Waals surface area contributed by atoms with Crippen LogP contribution in [0.5, 0.6) is 0 Å². The summed E-state index contributed by atoms with van der Waals surface area (Å²) in [4.78, 5) is 16.5. The van der Waals surface area contributed by atoms with Crippen LogP contribution in [0.15, 0.2) is 35.7 Å². The Morgan fingerprint density at radius 3 is 2.68 bits per heavy atom. The number of carbonyl (C=O) groups excluding carboxylic acids is 1. The van der Waals surface area contributed by atoms with Gasteiger partial charge in [-0.25, -0.2) is 9.37 Å². The van der Waals surface area contributed by atoms with Gasteiger partial charge < -0.3 is 0 Å². The standard InChI is InChI=1S/C15H13FN4OS/c1-9-8-22-15(17-9)18-14(21)13-7-12(19-20(13)2)10-3-5-11(16)6-4-10/h3-8H,1-2H3,(H,17,18,21). The molecule has 0 aliphatic carbocycles. The number of amides is 1. The Kier molecular flexibility index (Phi) is 3.72. The molecule has 112 valence electrons. The van der Waals surface area contributed by atoms with E-state index in [1.165, 1.54) is 28.2 Å². The molecular formula is C15H13FN4OS. The van der Waals surface area contributed by atoms with Gasteiger partial charge in [-0.15, -0.1) is 11.3 Å². The van der Waals surface area contributed by atoms with Gasteiger partial charge in [-0.2, -0.15) is 5.10 Å². The number of benzene rings is 1. The van der Waals surface area contributed by atoms with Crippen molar-refractivity contribution in [2.45, 2.75) is 6.92 Å². The lowest BCUT2D eigenvalue weighted by Crippen LogP contribution is -2.15. The highest BCUT2D eigenvalue weighted by Gasteiger charge is 2.15. The maximum absolute atomic E-state index is 13.0. The molecule has 0 atom stereocenters. The molecule has 0 spiro atoms. The first-order valence-corrected chi connectivity index (χ1v) is 7.44. The van der Waals surface area contributed by atoms with Crippen molar-refractivity contribution < 1.29 is 9.18 Å². The molecule has 2 heterocycles. The largest absolute Gasteiger partial charge is 0.296 e. The van der Waals surface area contributed by atoms with Crippen LogP contribution in [0.2, 0.25) is 0 Å². The summed E-state index contributed by atoms with van der Waals surface area (Å²) in [5.74, 6) is -0.588. The van der Waals surface area contributed by atoms with Crippen LogP contribution in [-0.2, 0) is 7.05 Å². The summed E-state index contributed by atoms with van der Waals surface area (Å²) in [6.07, 6.45) is 0. The predicted octanol–water partition coefficient (Wildman–Crippen LogP) is 3.24. The molecule has 3 rings (SSSR count). The molecule has 1 amide bonds. The molecule has 0 fully saturated rings. The number of anilines is 1. The van der Waals surface area contributed by atoms with Crippen molar-refractivity contribution >= 4 is 22.4 Å². The van der Waals surface area contributed by atoms with Crippen LogP contribution >= 0.6 is 11.3 Å². The quantitative estimate of drug-likeness (QED) is 0.807. The normalized spacial score (nSPS) is 10.7. The van der Waals surface area contributed by atoms with Gasteiger partial charge in [-0.1, -0.05) is 0 Å². The minimum atomic E-state index is -0.309. The third-order valence-electron chi connectivity index (χ3n) is 3.09. The van der Waals surface area contributed by atoms with Crippen LogP contribution in [-0.4, -0.2) is 20.7 Å². The Labute approximate surface area is 130 Å². The molecule has 0 radical (unpaired) electrons. The SMILES string of the molecule is Cc1csc(NC(=O)c2cc(-c3ccc(F)cc3)nn2C)n1. The van der Waals surface area contributed by atoms with Crippen LogP contribution in [0.3, 0.4) is 0 Å². The molecule has 2 aromatic heterocycles. The smallest absolute Gasteiger partial charge is 0.275 e. The molecule has 1 aromatic carbocycles. The number of aryl methyl sites for hydroxylation is 2. The minimum Gasteiger partial charge on any atom is -0.296 e. The zero-order chi connectivity index (χ0) is 15.7. The van der Waals surface area contributed by atoms with Crippen molar-refractivity contribution in [3.05, 3.63) is 52.9 Å². The second-order valence-corrected chi connectivity index (χ2v) is 5.65. The Morgan fingerprint density at radius 2 is 2.05 bits per heavy atom. The van der Waals surface area contributed by atoms with E-state index in [4.69, 9.17) is 0 Å². The van der Waals surface area contributed by atoms with Crippen molar-refractivity contribution in [2.75, 3.05) is 5.32 Å². The first kappa shape index (κ1) is 14.4. The summed E-state index contributed by atoms with van der Waals surface area (Å²) in [5.41, 5.74) is 2.63. The number of nitrogens with zero attached hydrogens (tertiary/aromatic N) is 3. The number of hydrogen-bond acceptors (Lipinski definition) is 4. The summed E-state index contributed by atoms with van der Waals surface area (Å²) < 4.78 is 14.5. The summed E-state index contributed by atoms with van der Waals surface area (Å²) in [6.45, 7) is 1.86. The van der Waals surface area contributed by atoms with Crippen molar-refractivity contribution in [1.29, 1.82) is 0 Å². The Hall–Kier alpha value is -2.54. The molecule has 0 saturated carbocycles. The molecule has 0 saturated heterocycles. The van der Waals surface area contributed by atoms with Gasteiger partial charge in [0.25, 0.3) is 5.91 Å². The Bertz CT molecular complexity index is 822. The summed E-state index contributed by atoms with van der Waals surface area (Å²) in [7, 11) is 1.69. The number of aromatic nitrogens is 3. The first-order chi connectivity index (χ1) is 10.5. The maximum atomic E-state index is 13.0. The van der Waals surface area contributed by atoms with Crippen LogP contribution in [0.1, 0.15) is 16.2 Å². The fraction of sp³-hybridized carbons (Fsp3) is 0.133. The van der Waals surface area contributed by atoms with Crippen molar-refractivity contribution in [2.24, 2.45) is 7.05 Å². The van der Waals surface area contributed by atoms with Crippen molar-refractivity contribution in [3.63, 3.8) is 0 Å². The van der Waals surface area contributed by atoms with E-state index >= 15 is 0 Å². The van der Waals surface area contributed by atoms with Crippen molar-refractivity contribution in [1.82, 2.24) is 14.8 Å². The van der Waals surface area contributed by atoms with Gasteiger partial charge in [0.05, 0.1) is 11.4 Å². The lowest BCUT2D eigenvalue weighted by Gasteiger charge is -2.00. The molecular weight excluding hydrogens is 303 g/mol. The molecule has 5 nitrogen and oxygen atoms in total. The van der Waals surface area contributed by atoms with E-state index in [0.717, 1.165) is 11.3 Å². The van der Waals surface area contributed by atoms with E-state index in [2.05, 4.69) is 15.4 Å². The topological polar surface area (TPSA) is 59.8 Å². The highest BCUT2D eigenvalue weighted by molar-refractivity contribution is 7.13. The summed E-state index contributed by atoms with van der Waals surface area (Å²) in [5, 5.41) is 9.45. The van der Waals surface area contributed by atoms with Crippen LogP contribution in [0, 0.1) is 12.7 Å². The highest BCUT2D eigenvalue weighted by Crippen LogP contribution is 2.21. The highest BCUT2D eigenvalue weighted by atomic mass is 32.1. The number of halogens is 1. The van der Waals surface area contributed by atoms with Gasteiger partial charge in [0.2, 0.25) is 0 Å². The third kappa shape index (κ3) is 2.89. The second kappa shape index (κ2) is 5.69. The molecule has 0 unspecified atom stereocenters. The predicted molar refractivity (Wildman–Crippen MR) is 83.4 cm³/mol. The number of thiazole rings is 1. The summed E-state index contributed by atoms with van der Waals surface area (Å²) in [6, 6.07) is 7.65. The number of hydrogen-bond donors (Lipinski definition) is 1. The maximum Gasteiger partial charge on any atom is 0.275 e. The number of rotatable bonds is 3. The lowest BCUT2D eigenvalue weighted by atomic mass is 10.1. The third-order valence-corrected chi connectivity index (χ3v) is 3.97. The van der Waals surface area contributed by atoms with Gasteiger partial charge in [0.15, 0.2) is 5.13 Å².